The lowest BCUT2D eigenvalue weighted by atomic mass is 10.1. The topological polar surface area (TPSA) is 128 Å². The Labute approximate surface area is 203 Å². The smallest absolute Gasteiger partial charge is 0.322 e. The number of amides is 4. The van der Waals surface area contributed by atoms with E-state index in [-0.39, 0.29) is 30.0 Å². The number of piperazine rings is 1. The number of nitriles is 1. The van der Waals surface area contributed by atoms with E-state index in [4.69, 9.17) is 5.73 Å². The molecular weight excluding hydrogens is 446 g/mol. The number of fused-ring (bicyclic) bond motifs is 1. The first kappa shape index (κ1) is 22.9. The number of hydrogen-bond acceptors (Lipinski definition) is 5. The predicted molar refractivity (Wildman–Crippen MR) is 129 cm³/mol. The minimum absolute atomic E-state index is 0.00786. The van der Waals surface area contributed by atoms with Crippen LogP contribution >= 0.6 is 0 Å². The number of anilines is 1. The van der Waals surface area contributed by atoms with Gasteiger partial charge in [-0.05, 0) is 44.2 Å². The van der Waals surface area contributed by atoms with Gasteiger partial charge in [0.1, 0.15) is 6.07 Å². The number of hydrogen-bond donors (Lipinski definition) is 2. The Balaban J connectivity index is 1.28. The predicted octanol–water partition coefficient (Wildman–Crippen LogP) is 1.77. The molecule has 35 heavy (non-hydrogen) atoms. The lowest BCUT2D eigenvalue weighted by Crippen LogP contribution is -2.47. The standard InChI is InChI=1S/C25H29N7O3/c1-29-8-10-30(11-9-29)24(34)17-4-6-18(7-5-17)28-25(35)31-12-13-32-20(15-31)21(23(27)33)19(14-26)22(32)16-2-3-16/h4-7,16H,2-3,8-13,15H2,1H3,(H2,27,33)(H,28,35). The summed E-state index contributed by atoms with van der Waals surface area (Å²) in [6.45, 7) is 4.28. The maximum absolute atomic E-state index is 13.0. The molecule has 0 atom stereocenters. The van der Waals surface area contributed by atoms with Gasteiger partial charge in [0.15, 0.2) is 0 Å². The first-order valence-corrected chi connectivity index (χ1v) is 12.0. The molecule has 2 aliphatic heterocycles. The highest BCUT2D eigenvalue weighted by molar-refractivity contribution is 5.98. The molecule has 1 aromatic carbocycles. The molecule has 1 aliphatic carbocycles. The number of carbonyl (C=O) groups excluding carboxylic acids is 3. The van der Waals surface area contributed by atoms with Crippen molar-refractivity contribution in [2.45, 2.75) is 31.8 Å². The molecule has 2 fully saturated rings. The van der Waals surface area contributed by atoms with Crippen LogP contribution in [0.5, 0.6) is 0 Å². The molecule has 3 aliphatic rings. The van der Waals surface area contributed by atoms with Crippen LogP contribution in [0.3, 0.4) is 0 Å². The van der Waals surface area contributed by atoms with Gasteiger partial charge in [-0.25, -0.2) is 4.79 Å². The summed E-state index contributed by atoms with van der Waals surface area (Å²) in [4.78, 5) is 43.6. The molecule has 3 heterocycles. The van der Waals surface area contributed by atoms with E-state index < -0.39 is 5.91 Å². The van der Waals surface area contributed by atoms with Gasteiger partial charge in [0.2, 0.25) is 0 Å². The van der Waals surface area contributed by atoms with Crippen LogP contribution in [0.25, 0.3) is 0 Å². The molecule has 0 bridgehead atoms. The fourth-order valence-corrected chi connectivity index (χ4v) is 5.01. The average Bonchev–Trinajstić information content (AvgIpc) is 3.64. The summed E-state index contributed by atoms with van der Waals surface area (Å²) in [7, 11) is 2.04. The van der Waals surface area contributed by atoms with E-state index in [0.29, 0.717) is 48.7 Å². The number of nitrogens with zero attached hydrogens (tertiary/aromatic N) is 5. The van der Waals surface area contributed by atoms with Gasteiger partial charge in [-0.2, -0.15) is 5.26 Å². The number of nitrogens with one attached hydrogen (secondary N) is 1. The van der Waals surface area contributed by atoms with Gasteiger partial charge < -0.3 is 30.3 Å². The number of urea groups is 1. The highest BCUT2D eigenvalue weighted by atomic mass is 16.2. The Morgan fingerprint density at radius 2 is 1.66 bits per heavy atom. The molecular formula is C25H29N7O3. The fraction of sp³-hybridized carbons (Fsp3) is 0.440. The number of carbonyl (C=O) groups is 3. The molecule has 4 amide bonds. The number of aromatic nitrogens is 1. The van der Waals surface area contributed by atoms with Crippen molar-refractivity contribution in [1.29, 1.82) is 5.26 Å². The summed E-state index contributed by atoms with van der Waals surface area (Å²) in [5.41, 5.74) is 8.92. The third kappa shape index (κ3) is 4.35. The minimum atomic E-state index is -0.639. The van der Waals surface area contributed by atoms with Crippen LogP contribution in [-0.2, 0) is 13.1 Å². The van der Waals surface area contributed by atoms with Crippen molar-refractivity contribution in [3.63, 3.8) is 0 Å². The van der Waals surface area contributed by atoms with Crippen LogP contribution in [0, 0.1) is 11.3 Å². The zero-order chi connectivity index (χ0) is 24.7. The van der Waals surface area contributed by atoms with E-state index in [2.05, 4.69) is 16.3 Å². The lowest BCUT2D eigenvalue weighted by Gasteiger charge is -2.32. The van der Waals surface area contributed by atoms with Crippen molar-refractivity contribution in [2.24, 2.45) is 5.73 Å². The Kier molecular flexibility index (Phi) is 5.94. The highest BCUT2D eigenvalue weighted by Gasteiger charge is 2.37. The van der Waals surface area contributed by atoms with Gasteiger partial charge in [0.05, 0.1) is 23.4 Å². The second-order valence-corrected chi connectivity index (χ2v) is 9.51. The van der Waals surface area contributed by atoms with Gasteiger partial charge in [-0.3, -0.25) is 9.59 Å². The van der Waals surface area contributed by atoms with E-state index in [1.165, 1.54) is 0 Å². The number of nitrogens with two attached hydrogens (primary N) is 1. The van der Waals surface area contributed by atoms with E-state index in [1.807, 2.05) is 16.5 Å². The fourth-order valence-electron chi connectivity index (χ4n) is 5.01. The van der Waals surface area contributed by atoms with Gasteiger partial charge >= 0.3 is 6.03 Å². The Morgan fingerprint density at radius 3 is 2.26 bits per heavy atom. The van der Waals surface area contributed by atoms with Crippen molar-refractivity contribution in [3.05, 3.63) is 52.3 Å². The summed E-state index contributed by atoms with van der Waals surface area (Å²) in [6, 6.07) is 8.77. The number of primary amides is 1. The van der Waals surface area contributed by atoms with E-state index >= 15 is 0 Å². The Morgan fingerprint density at radius 1 is 1.00 bits per heavy atom. The molecule has 5 rings (SSSR count). The molecule has 182 valence electrons. The molecule has 1 aromatic heterocycles. The number of benzene rings is 1. The first-order chi connectivity index (χ1) is 16.9. The summed E-state index contributed by atoms with van der Waals surface area (Å²) < 4.78 is 2.01. The van der Waals surface area contributed by atoms with Crippen LogP contribution in [0.4, 0.5) is 10.5 Å². The summed E-state index contributed by atoms with van der Waals surface area (Å²) in [5, 5.41) is 12.6. The molecule has 1 saturated carbocycles. The molecule has 3 N–H and O–H groups in total. The van der Waals surface area contributed by atoms with Crippen molar-refractivity contribution in [3.8, 4) is 6.07 Å². The maximum atomic E-state index is 13.0. The molecule has 0 radical (unpaired) electrons. The largest absolute Gasteiger partial charge is 0.366 e. The van der Waals surface area contributed by atoms with E-state index in [0.717, 1.165) is 31.6 Å². The lowest BCUT2D eigenvalue weighted by molar-refractivity contribution is 0.0664. The zero-order valence-electron chi connectivity index (χ0n) is 19.8. The third-order valence-electron chi connectivity index (χ3n) is 7.13. The molecule has 10 heteroatoms. The molecule has 0 spiro atoms. The van der Waals surface area contributed by atoms with Crippen molar-refractivity contribution in [2.75, 3.05) is 45.1 Å². The Hall–Kier alpha value is -3.84. The number of likely N-dealkylation sites (N-methyl/N-ethyl adjacent to an activating group) is 1. The van der Waals surface area contributed by atoms with Crippen LogP contribution in [0.1, 0.15) is 56.4 Å². The SMILES string of the molecule is CN1CCN(C(=O)c2ccc(NC(=O)N3CCn4c(c(C(N)=O)c(C#N)c4C4CC4)C3)cc2)CC1. The summed E-state index contributed by atoms with van der Waals surface area (Å²) >= 11 is 0. The summed E-state index contributed by atoms with van der Waals surface area (Å²) in [5.74, 6) is -0.365. The first-order valence-electron chi connectivity index (χ1n) is 12.0. The van der Waals surface area contributed by atoms with Crippen LogP contribution in [0.2, 0.25) is 0 Å². The van der Waals surface area contributed by atoms with Crippen LogP contribution in [0.15, 0.2) is 24.3 Å². The van der Waals surface area contributed by atoms with Crippen molar-refractivity contribution >= 4 is 23.5 Å². The normalized spacial score (nSPS) is 18.1. The second-order valence-electron chi connectivity index (χ2n) is 9.51. The van der Waals surface area contributed by atoms with Crippen LogP contribution in [-0.4, -0.2) is 76.9 Å². The molecule has 10 nitrogen and oxygen atoms in total. The highest BCUT2D eigenvalue weighted by Crippen LogP contribution is 2.44. The zero-order valence-corrected chi connectivity index (χ0v) is 19.8. The van der Waals surface area contributed by atoms with Gasteiger partial charge in [-0.1, -0.05) is 0 Å². The second kappa shape index (κ2) is 9.07. The molecule has 0 unspecified atom stereocenters. The van der Waals surface area contributed by atoms with E-state index in [9.17, 15) is 19.6 Å². The number of rotatable bonds is 4. The Bertz CT molecular complexity index is 1220. The van der Waals surface area contributed by atoms with Crippen molar-refractivity contribution < 1.29 is 14.4 Å². The van der Waals surface area contributed by atoms with Gasteiger partial charge in [-0.15, -0.1) is 0 Å². The quantitative estimate of drug-likeness (QED) is 0.697. The molecule has 2 aromatic rings. The molecule has 1 saturated heterocycles. The van der Waals surface area contributed by atoms with Gasteiger partial charge in [0.25, 0.3) is 11.8 Å². The summed E-state index contributed by atoms with van der Waals surface area (Å²) in [6.07, 6.45) is 1.99. The monoisotopic (exact) mass is 475 g/mol. The third-order valence-corrected chi connectivity index (χ3v) is 7.13. The maximum Gasteiger partial charge on any atom is 0.322 e. The van der Waals surface area contributed by atoms with E-state index in [1.54, 1.807) is 29.2 Å². The van der Waals surface area contributed by atoms with Crippen molar-refractivity contribution in [1.82, 2.24) is 19.3 Å². The minimum Gasteiger partial charge on any atom is -0.366 e. The average molecular weight is 476 g/mol. The van der Waals surface area contributed by atoms with Gasteiger partial charge in [0, 0.05) is 62.1 Å². The van der Waals surface area contributed by atoms with Crippen LogP contribution < -0.4 is 11.1 Å².